The highest BCUT2D eigenvalue weighted by atomic mass is 15.5. The molecule has 0 aromatic carbocycles. The summed E-state index contributed by atoms with van der Waals surface area (Å²) >= 11 is 0. The molecule has 0 aliphatic heterocycles. The van der Waals surface area contributed by atoms with Crippen LogP contribution in [0.1, 0.15) is 5.69 Å². The van der Waals surface area contributed by atoms with Crippen molar-refractivity contribution in [1.29, 1.82) is 0 Å². The van der Waals surface area contributed by atoms with Crippen molar-refractivity contribution in [2.75, 3.05) is 6.54 Å². The predicted molar refractivity (Wildman–Crippen MR) is 39.5 cm³/mol. The van der Waals surface area contributed by atoms with Gasteiger partial charge in [0.05, 0.1) is 6.20 Å². The fraction of sp³-hybridized carbons (Fsp3) is 0.400. The lowest BCUT2D eigenvalue weighted by atomic mass is 10.3. The Morgan fingerprint density at radius 2 is 2.64 bits per heavy atom. The quantitative estimate of drug-likeness (QED) is 0.387. The summed E-state index contributed by atoms with van der Waals surface area (Å²) in [6.07, 6.45) is 3.74. The Balaban J connectivity index is 2.86. The van der Waals surface area contributed by atoms with Crippen LogP contribution in [0.25, 0.3) is 10.4 Å². The average Bonchev–Trinajstić information content (AvgIpc) is 2.39. The van der Waals surface area contributed by atoms with Crippen molar-refractivity contribution in [2.45, 2.75) is 6.42 Å². The number of hydrogen-bond acceptors (Lipinski definition) is 3. The van der Waals surface area contributed by atoms with Gasteiger partial charge < -0.3 is 5.73 Å². The molecule has 0 radical (unpaired) electrons. The van der Waals surface area contributed by atoms with Gasteiger partial charge in [0, 0.05) is 6.42 Å². The van der Waals surface area contributed by atoms with E-state index in [2.05, 4.69) is 15.1 Å². The molecule has 0 fully saturated rings. The van der Waals surface area contributed by atoms with Gasteiger partial charge in [0.15, 0.2) is 6.33 Å². The third-order valence-corrected chi connectivity index (χ3v) is 1.23. The molecule has 1 aromatic rings. The lowest BCUT2D eigenvalue weighted by molar-refractivity contribution is 0.773. The van der Waals surface area contributed by atoms with Crippen molar-refractivity contribution in [1.82, 2.24) is 9.66 Å². The van der Waals surface area contributed by atoms with E-state index in [0.29, 0.717) is 13.0 Å². The molecule has 0 atom stereocenters. The maximum absolute atomic E-state index is 8.11. The summed E-state index contributed by atoms with van der Waals surface area (Å²) in [5, 5.41) is 3.36. The highest BCUT2D eigenvalue weighted by Crippen LogP contribution is 1.98. The third-order valence-electron chi connectivity index (χ3n) is 1.23. The highest BCUT2D eigenvalue weighted by Gasteiger charge is 2.01. The summed E-state index contributed by atoms with van der Waals surface area (Å²) in [7, 11) is 0. The zero-order valence-electron chi connectivity index (χ0n) is 5.88. The maximum atomic E-state index is 8.11. The van der Waals surface area contributed by atoms with E-state index in [1.165, 1.54) is 11.0 Å². The highest BCUT2D eigenvalue weighted by molar-refractivity contribution is 4.98. The molecule has 1 rings (SSSR count). The van der Waals surface area contributed by atoms with Gasteiger partial charge in [-0.25, -0.2) is 4.98 Å². The lowest BCUT2D eigenvalue weighted by Gasteiger charge is -1.91. The molecular formula is C5H8N6. The van der Waals surface area contributed by atoms with Gasteiger partial charge >= 0.3 is 0 Å². The molecule has 0 saturated heterocycles. The van der Waals surface area contributed by atoms with E-state index < -0.39 is 0 Å². The Kier molecular flexibility index (Phi) is 2.48. The summed E-state index contributed by atoms with van der Waals surface area (Å²) in [6.45, 7) is 0.520. The SMILES string of the molecule is [N-]=[N+]=Nn1cncc1CCN. The van der Waals surface area contributed by atoms with Crippen LogP contribution in [-0.2, 0) is 6.42 Å². The molecule has 1 heterocycles. The Morgan fingerprint density at radius 3 is 3.27 bits per heavy atom. The second-order valence-corrected chi connectivity index (χ2v) is 1.95. The van der Waals surface area contributed by atoms with Crippen LogP contribution in [-0.4, -0.2) is 16.2 Å². The number of aromatic nitrogens is 2. The van der Waals surface area contributed by atoms with E-state index in [-0.39, 0.29) is 0 Å². The molecule has 6 nitrogen and oxygen atoms in total. The molecule has 0 bridgehead atoms. The monoisotopic (exact) mass is 152 g/mol. The normalized spacial score (nSPS) is 9.18. The second-order valence-electron chi connectivity index (χ2n) is 1.95. The minimum Gasteiger partial charge on any atom is -0.330 e. The van der Waals surface area contributed by atoms with E-state index in [0.717, 1.165) is 5.69 Å². The van der Waals surface area contributed by atoms with Gasteiger partial charge in [-0.1, -0.05) is 0 Å². The van der Waals surface area contributed by atoms with E-state index in [1.807, 2.05) is 0 Å². The third kappa shape index (κ3) is 1.70. The van der Waals surface area contributed by atoms with Gasteiger partial charge in [-0.2, -0.15) is 9.59 Å². The molecule has 58 valence electrons. The lowest BCUT2D eigenvalue weighted by Crippen LogP contribution is -2.05. The standard InChI is InChI=1S/C5H8N6/c6-2-1-5-3-8-4-11(5)10-9-7/h3-4H,1-2,6H2. The van der Waals surface area contributed by atoms with Crippen molar-refractivity contribution in [3.8, 4) is 0 Å². The van der Waals surface area contributed by atoms with Gasteiger partial charge in [-0.15, -0.1) is 5.53 Å². The Hall–Kier alpha value is -1.52. The topological polar surface area (TPSA) is 92.6 Å². The molecule has 0 spiro atoms. The first-order valence-corrected chi connectivity index (χ1v) is 3.15. The second kappa shape index (κ2) is 3.60. The number of hydrogen-bond donors (Lipinski definition) is 1. The summed E-state index contributed by atoms with van der Waals surface area (Å²) < 4.78 is 1.37. The van der Waals surface area contributed by atoms with Crippen molar-refractivity contribution in [3.05, 3.63) is 28.7 Å². The molecule has 6 heteroatoms. The smallest absolute Gasteiger partial charge is 0.191 e. The number of rotatable bonds is 3. The number of azide groups is 1. The summed E-state index contributed by atoms with van der Waals surface area (Å²) in [6, 6.07) is 0. The molecule has 0 saturated carbocycles. The van der Waals surface area contributed by atoms with Crippen molar-refractivity contribution in [2.24, 2.45) is 11.0 Å². The number of nitrogens with two attached hydrogens (primary N) is 1. The molecule has 1 aromatic heterocycles. The molecule has 0 aliphatic carbocycles. The van der Waals surface area contributed by atoms with Crippen LogP contribution in [0, 0.1) is 0 Å². The van der Waals surface area contributed by atoms with Crippen LogP contribution in [0.3, 0.4) is 0 Å². The molecule has 11 heavy (non-hydrogen) atoms. The zero-order valence-corrected chi connectivity index (χ0v) is 5.88. The first kappa shape index (κ1) is 7.59. The first-order chi connectivity index (χ1) is 5.38. The summed E-state index contributed by atoms with van der Waals surface area (Å²) in [5.74, 6) is 0. The summed E-state index contributed by atoms with van der Waals surface area (Å²) in [4.78, 5) is 6.43. The number of nitrogens with zero attached hydrogens (tertiary/aromatic N) is 5. The van der Waals surface area contributed by atoms with E-state index in [4.69, 9.17) is 11.3 Å². The Labute approximate surface area is 63.2 Å². The van der Waals surface area contributed by atoms with E-state index in [1.54, 1.807) is 6.20 Å². The van der Waals surface area contributed by atoms with Crippen LogP contribution < -0.4 is 5.73 Å². The molecule has 0 amide bonds. The average molecular weight is 152 g/mol. The molecule has 0 unspecified atom stereocenters. The van der Waals surface area contributed by atoms with Crippen molar-refractivity contribution < 1.29 is 0 Å². The minimum absolute atomic E-state index is 0.520. The van der Waals surface area contributed by atoms with Crippen molar-refractivity contribution in [3.63, 3.8) is 0 Å². The summed E-state index contributed by atoms with van der Waals surface area (Å²) in [5.41, 5.74) is 14.2. The van der Waals surface area contributed by atoms with Crippen LogP contribution in [0.4, 0.5) is 0 Å². The van der Waals surface area contributed by atoms with Crippen molar-refractivity contribution >= 4 is 0 Å². The van der Waals surface area contributed by atoms with Gasteiger partial charge in [0.1, 0.15) is 5.69 Å². The Morgan fingerprint density at radius 1 is 1.82 bits per heavy atom. The van der Waals surface area contributed by atoms with Gasteiger partial charge in [-0.3, -0.25) is 0 Å². The fourth-order valence-electron chi connectivity index (χ4n) is 0.766. The number of imidazole rings is 1. The predicted octanol–water partition coefficient (Wildman–Crippen LogP) is 0.458. The van der Waals surface area contributed by atoms with E-state index in [9.17, 15) is 0 Å². The van der Waals surface area contributed by atoms with Crippen LogP contribution in [0.15, 0.2) is 17.7 Å². The first-order valence-electron chi connectivity index (χ1n) is 3.15. The van der Waals surface area contributed by atoms with Gasteiger partial charge in [0.25, 0.3) is 0 Å². The molecule has 2 N–H and O–H groups in total. The zero-order chi connectivity index (χ0) is 8.10. The van der Waals surface area contributed by atoms with E-state index >= 15 is 0 Å². The van der Waals surface area contributed by atoms with Crippen LogP contribution >= 0.6 is 0 Å². The molecular weight excluding hydrogens is 144 g/mol. The minimum atomic E-state index is 0.520. The largest absolute Gasteiger partial charge is 0.330 e. The van der Waals surface area contributed by atoms with Gasteiger partial charge in [0.2, 0.25) is 0 Å². The van der Waals surface area contributed by atoms with Crippen LogP contribution in [0.5, 0.6) is 0 Å². The van der Waals surface area contributed by atoms with Gasteiger partial charge in [-0.05, 0) is 11.8 Å². The fourth-order valence-corrected chi connectivity index (χ4v) is 0.766. The maximum Gasteiger partial charge on any atom is 0.191 e. The van der Waals surface area contributed by atoms with Crippen LogP contribution in [0.2, 0.25) is 0 Å². The molecule has 0 aliphatic rings. The Bertz CT molecular complexity index is 270.